The van der Waals surface area contributed by atoms with Crippen LogP contribution in [0.25, 0.3) is 22.1 Å². The molecule has 156 valence electrons. The van der Waals surface area contributed by atoms with Crippen LogP contribution < -0.4 is 20.2 Å². The molecule has 0 fully saturated rings. The normalized spacial score (nSPS) is 10.6. The third-order valence-corrected chi connectivity index (χ3v) is 4.87. The van der Waals surface area contributed by atoms with Crippen molar-refractivity contribution in [3.05, 3.63) is 94.8 Å². The van der Waals surface area contributed by atoms with E-state index in [1.807, 2.05) is 54.6 Å². The van der Waals surface area contributed by atoms with Crippen LogP contribution in [0.2, 0.25) is 0 Å². The number of benzene rings is 3. The second-order valence-corrected chi connectivity index (χ2v) is 6.88. The Morgan fingerprint density at radius 3 is 2.58 bits per heavy atom. The molecule has 4 rings (SSSR count). The van der Waals surface area contributed by atoms with Gasteiger partial charge < -0.3 is 19.2 Å². The van der Waals surface area contributed by atoms with E-state index in [-0.39, 0.29) is 17.9 Å². The number of amides is 1. The van der Waals surface area contributed by atoms with Gasteiger partial charge in [-0.2, -0.15) is 0 Å². The quantitative estimate of drug-likeness (QED) is 0.490. The summed E-state index contributed by atoms with van der Waals surface area (Å²) in [7, 11) is 1.59. The fourth-order valence-electron chi connectivity index (χ4n) is 3.26. The summed E-state index contributed by atoms with van der Waals surface area (Å²) >= 11 is 0. The average molecular weight is 415 g/mol. The van der Waals surface area contributed by atoms with Crippen molar-refractivity contribution in [1.82, 2.24) is 5.32 Å². The van der Waals surface area contributed by atoms with Crippen molar-refractivity contribution in [2.24, 2.45) is 0 Å². The minimum atomic E-state index is -0.271. The van der Waals surface area contributed by atoms with E-state index in [1.54, 1.807) is 25.3 Å². The molecule has 1 N–H and O–H groups in total. The molecule has 0 radical (unpaired) electrons. The largest absolute Gasteiger partial charge is 0.496 e. The summed E-state index contributed by atoms with van der Waals surface area (Å²) in [6, 6.07) is 21.7. The van der Waals surface area contributed by atoms with Gasteiger partial charge >= 0.3 is 0 Å². The van der Waals surface area contributed by atoms with E-state index >= 15 is 0 Å². The molecule has 4 aromatic rings. The van der Waals surface area contributed by atoms with Gasteiger partial charge in [-0.05, 0) is 23.8 Å². The van der Waals surface area contributed by atoms with E-state index < -0.39 is 0 Å². The summed E-state index contributed by atoms with van der Waals surface area (Å²) in [5.41, 5.74) is 2.45. The van der Waals surface area contributed by atoms with E-state index in [4.69, 9.17) is 13.9 Å². The minimum Gasteiger partial charge on any atom is -0.496 e. The molecule has 3 aromatic carbocycles. The van der Waals surface area contributed by atoms with Crippen molar-refractivity contribution in [2.75, 3.05) is 13.7 Å². The van der Waals surface area contributed by atoms with Crippen LogP contribution >= 0.6 is 0 Å². The first-order chi connectivity index (χ1) is 15.2. The Bertz CT molecular complexity index is 1260. The molecular weight excluding hydrogens is 394 g/mol. The molecule has 6 heteroatoms. The lowest BCUT2D eigenvalue weighted by molar-refractivity contribution is -0.123. The molecule has 0 aliphatic rings. The zero-order valence-electron chi connectivity index (χ0n) is 17.0. The Hall–Kier alpha value is -4.06. The Morgan fingerprint density at radius 1 is 1.00 bits per heavy atom. The van der Waals surface area contributed by atoms with Gasteiger partial charge in [-0.15, -0.1) is 0 Å². The number of para-hydroxylation sites is 1. The van der Waals surface area contributed by atoms with Gasteiger partial charge in [0, 0.05) is 18.2 Å². The van der Waals surface area contributed by atoms with E-state index in [0.29, 0.717) is 34.6 Å². The van der Waals surface area contributed by atoms with Crippen molar-refractivity contribution < 1.29 is 18.7 Å². The molecule has 0 bridgehead atoms. The van der Waals surface area contributed by atoms with E-state index in [0.717, 1.165) is 11.1 Å². The number of hydrogen-bond donors (Lipinski definition) is 1. The fourth-order valence-corrected chi connectivity index (χ4v) is 3.26. The molecule has 0 aliphatic carbocycles. The van der Waals surface area contributed by atoms with Gasteiger partial charge in [0.1, 0.15) is 23.3 Å². The number of ether oxygens (including phenoxy) is 2. The van der Waals surface area contributed by atoms with Crippen molar-refractivity contribution >= 4 is 16.9 Å². The fraction of sp³-hybridized carbons (Fsp3) is 0.120. The highest BCUT2D eigenvalue weighted by Gasteiger charge is 2.11. The maximum atomic E-state index is 12.8. The van der Waals surface area contributed by atoms with Gasteiger partial charge in [0.2, 0.25) is 0 Å². The Kier molecular flexibility index (Phi) is 5.98. The molecule has 0 saturated heterocycles. The molecule has 31 heavy (non-hydrogen) atoms. The zero-order chi connectivity index (χ0) is 21.6. The Labute approximate surface area is 179 Å². The van der Waals surface area contributed by atoms with Crippen LogP contribution in [0.3, 0.4) is 0 Å². The third kappa shape index (κ3) is 4.59. The molecular formula is C25H21NO5. The monoisotopic (exact) mass is 415 g/mol. The van der Waals surface area contributed by atoms with Crippen LogP contribution in [0.1, 0.15) is 5.56 Å². The minimum absolute atomic E-state index is 0.117. The summed E-state index contributed by atoms with van der Waals surface area (Å²) in [6.07, 6.45) is 1.45. The third-order valence-electron chi connectivity index (χ3n) is 4.87. The number of nitrogens with one attached hydrogen (secondary N) is 1. The average Bonchev–Trinajstić information content (AvgIpc) is 2.82. The maximum Gasteiger partial charge on any atom is 0.258 e. The number of fused-ring (bicyclic) bond motifs is 1. The van der Waals surface area contributed by atoms with Gasteiger partial charge in [-0.1, -0.05) is 48.5 Å². The van der Waals surface area contributed by atoms with Crippen LogP contribution in [0, 0.1) is 0 Å². The standard InChI is InChI=1S/C25H21NO5/c1-29-22-10-6-5-9-18(22)14-26-24(27)16-30-19-11-12-20-23(13-19)31-15-21(25(20)28)17-7-3-2-4-8-17/h2-13,15H,14,16H2,1H3,(H,26,27). The first-order valence-electron chi connectivity index (χ1n) is 9.78. The number of rotatable bonds is 7. The predicted molar refractivity (Wildman–Crippen MR) is 118 cm³/mol. The van der Waals surface area contributed by atoms with Gasteiger partial charge in [0.05, 0.1) is 18.1 Å². The molecule has 1 amide bonds. The maximum absolute atomic E-state index is 12.8. The molecule has 0 spiro atoms. The van der Waals surface area contributed by atoms with Gasteiger partial charge in [0.15, 0.2) is 12.0 Å². The van der Waals surface area contributed by atoms with E-state index in [2.05, 4.69) is 5.32 Å². The molecule has 6 nitrogen and oxygen atoms in total. The van der Waals surface area contributed by atoms with Crippen molar-refractivity contribution in [3.8, 4) is 22.6 Å². The highest BCUT2D eigenvalue weighted by molar-refractivity contribution is 5.83. The second-order valence-electron chi connectivity index (χ2n) is 6.88. The highest BCUT2D eigenvalue weighted by Crippen LogP contribution is 2.23. The zero-order valence-corrected chi connectivity index (χ0v) is 17.0. The predicted octanol–water partition coefficient (Wildman–Crippen LogP) is 4.16. The topological polar surface area (TPSA) is 77.8 Å². The summed E-state index contributed by atoms with van der Waals surface area (Å²) in [5.74, 6) is 0.880. The Morgan fingerprint density at radius 2 is 1.77 bits per heavy atom. The Balaban J connectivity index is 1.42. The van der Waals surface area contributed by atoms with Crippen molar-refractivity contribution in [2.45, 2.75) is 6.54 Å². The van der Waals surface area contributed by atoms with Crippen LogP contribution in [0.5, 0.6) is 11.5 Å². The molecule has 1 heterocycles. The van der Waals surface area contributed by atoms with Crippen molar-refractivity contribution in [3.63, 3.8) is 0 Å². The van der Waals surface area contributed by atoms with Crippen LogP contribution in [0.15, 0.2) is 88.3 Å². The second kappa shape index (κ2) is 9.17. The van der Waals surface area contributed by atoms with Gasteiger partial charge in [-0.25, -0.2) is 0 Å². The van der Waals surface area contributed by atoms with Gasteiger partial charge in [-0.3, -0.25) is 9.59 Å². The summed E-state index contributed by atoms with van der Waals surface area (Å²) in [4.78, 5) is 25.0. The summed E-state index contributed by atoms with van der Waals surface area (Å²) in [5, 5.41) is 3.25. The SMILES string of the molecule is COc1ccccc1CNC(=O)COc1ccc2c(=O)c(-c3ccccc3)coc2c1. The molecule has 0 atom stereocenters. The lowest BCUT2D eigenvalue weighted by Gasteiger charge is -2.10. The highest BCUT2D eigenvalue weighted by atomic mass is 16.5. The molecule has 0 aliphatic heterocycles. The van der Waals surface area contributed by atoms with Crippen LogP contribution in [0.4, 0.5) is 0 Å². The number of carbonyl (C=O) groups excluding carboxylic acids is 1. The molecule has 0 saturated carbocycles. The van der Waals surface area contributed by atoms with E-state index in [9.17, 15) is 9.59 Å². The van der Waals surface area contributed by atoms with Crippen LogP contribution in [-0.2, 0) is 11.3 Å². The molecule has 1 aromatic heterocycles. The lowest BCUT2D eigenvalue weighted by atomic mass is 10.1. The van der Waals surface area contributed by atoms with Crippen LogP contribution in [-0.4, -0.2) is 19.6 Å². The first kappa shape index (κ1) is 20.2. The smallest absolute Gasteiger partial charge is 0.258 e. The number of methoxy groups -OCH3 is 1. The molecule has 0 unspecified atom stereocenters. The lowest BCUT2D eigenvalue weighted by Crippen LogP contribution is -2.28. The number of hydrogen-bond acceptors (Lipinski definition) is 5. The summed E-state index contributed by atoms with van der Waals surface area (Å²) in [6.45, 7) is 0.175. The first-order valence-corrected chi connectivity index (χ1v) is 9.78. The number of carbonyl (C=O) groups is 1. The van der Waals surface area contributed by atoms with Crippen molar-refractivity contribution in [1.29, 1.82) is 0 Å². The van der Waals surface area contributed by atoms with E-state index in [1.165, 1.54) is 6.26 Å². The van der Waals surface area contributed by atoms with Gasteiger partial charge in [0.25, 0.3) is 5.91 Å². The summed E-state index contributed by atoms with van der Waals surface area (Å²) < 4.78 is 16.5.